The van der Waals surface area contributed by atoms with Crippen LogP contribution < -0.4 is 10.7 Å². The van der Waals surface area contributed by atoms with E-state index >= 15 is 0 Å². The van der Waals surface area contributed by atoms with Crippen molar-refractivity contribution in [1.29, 1.82) is 0 Å². The number of benzene rings is 1. The number of rotatable bonds is 14. The molecular weight excluding hydrogens is 563 g/mol. The molecule has 0 atom stereocenters. The molecule has 0 aliphatic carbocycles. The predicted molar refractivity (Wildman–Crippen MR) is 188 cm³/mol. The Balaban J connectivity index is 0.000000614. The van der Waals surface area contributed by atoms with E-state index < -0.39 is 5.97 Å². The first-order valence-electron chi connectivity index (χ1n) is 15.4. The van der Waals surface area contributed by atoms with E-state index in [1.807, 2.05) is 64.0 Å². The van der Waals surface area contributed by atoms with Crippen LogP contribution in [0.5, 0.6) is 0 Å². The number of unbranched alkanes of at least 4 members (excludes halogenated alkanes) is 1. The van der Waals surface area contributed by atoms with E-state index in [2.05, 4.69) is 56.0 Å². The number of allylic oxidation sites excluding steroid dienone is 1. The molecule has 0 aliphatic rings. The average Bonchev–Trinajstić information content (AvgIpc) is 2.97. The maximum atomic E-state index is 11.6. The molecule has 0 saturated carbocycles. The third kappa shape index (κ3) is 14.3. The van der Waals surface area contributed by atoms with Crippen molar-refractivity contribution in [1.82, 2.24) is 15.0 Å². The molecule has 1 heterocycles. The fourth-order valence-electron chi connectivity index (χ4n) is 4.53. The van der Waals surface area contributed by atoms with Crippen LogP contribution in [-0.4, -0.2) is 41.6 Å². The third-order valence-corrected chi connectivity index (χ3v) is 7.52. The molecule has 0 bridgehead atoms. The van der Waals surface area contributed by atoms with Gasteiger partial charge in [0.1, 0.15) is 17.3 Å². The lowest BCUT2D eigenvalue weighted by Gasteiger charge is -2.22. The van der Waals surface area contributed by atoms with Crippen molar-refractivity contribution in [3.8, 4) is 0 Å². The summed E-state index contributed by atoms with van der Waals surface area (Å²) in [6.45, 7) is 14.8. The minimum Gasteiger partial charge on any atom is -0.461 e. The summed E-state index contributed by atoms with van der Waals surface area (Å²) in [6.07, 6.45) is 11.6. The van der Waals surface area contributed by atoms with Gasteiger partial charge in [0.2, 0.25) is 0 Å². The van der Waals surface area contributed by atoms with Gasteiger partial charge >= 0.3 is 5.97 Å². The molecule has 9 heteroatoms. The molecule has 0 fully saturated rings. The second-order valence-corrected chi connectivity index (χ2v) is 11.0. The molecule has 0 saturated heterocycles. The van der Waals surface area contributed by atoms with Crippen LogP contribution in [0.2, 0.25) is 0 Å². The van der Waals surface area contributed by atoms with Crippen molar-refractivity contribution in [2.24, 2.45) is 11.8 Å². The number of hydrogen-bond acceptors (Lipinski definition) is 9. The first kappa shape index (κ1) is 39.8. The summed E-state index contributed by atoms with van der Waals surface area (Å²) in [5, 5.41) is 4.18. The van der Waals surface area contributed by atoms with Gasteiger partial charge in [-0.05, 0) is 50.3 Å². The van der Waals surface area contributed by atoms with Crippen LogP contribution in [0.1, 0.15) is 105 Å². The van der Waals surface area contributed by atoms with Crippen LogP contribution in [0.4, 0.5) is 5.82 Å². The maximum absolute atomic E-state index is 11.6. The van der Waals surface area contributed by atoms with Gasteiger partial charge in [-0.3, -0.25) is 5.01 Å². The molecule has 0 aliphatic heterocycles. The van der Waals surface area contributed by atoms with E-state index in [4.69, 9.17) is 10.6 Å². The van der Waals surface area contributed by atoms with Gasteiger partial charge in [0.05, 0.1) is 17.2 Å². The number of anilines is 1. The fraction of sp³-hybridized carbons (Fsp3) is 0.606. The molecule has 0 spiro atoms. The number of carbonyl (C=O) groups is 1. The van der Waals surface area contributed by atoms with E-state index in [1.165, 1.54) is 55.4 Å². The molecule has 238 valence electrons. The Morgan fingerprint density at radius 1 is 0.976 bits per heavy atom. The number of carbonyl (C=O) groups excluding carboxylic acids is 1. The Kier molecular flexibility index (Phi) is 22.0. The molecule has 0 amide bonds. The number of nitrogens with zero attached hydrogens (tertiary/aromatic N) is 4. The quantitative estimate of drug-likeness (QED) is 0.0640. The highest BCUT2D eigenvalue weighted by molar-refractivity contribution is 7.84. The molecule has 0 radical (unpaired) electrons. The summed E-state index contributed by atoms with van der Waals surface area (Å²) >= 11 is 8.30. The molecule has 1 aromatic carbocycles. The van der Waals surface area contributed by atoms with Crippen LogP contribution in [-0.2, 0) is 9.53 Å². The number of fused-ring (bicyclic) bond motifs is 1. The molecule has 0 unspecified atom stereocenters. The molecule has 2 aromatic rings. The number of aryl methyl sites for hydroxylation is 1. The largest absolute Gasteiger partial charge is 0.461 e. The minimum absolute atomic E-state index is 0.166. The summed E-state index contributed by atoms with van der Waals surface area (Å²) in [6, 6.07) is 8.06. The number of nitrogens with two attached hydrogens (primary N) is 1. The number of aromatic nitrogens is 2. The van der Waals surface area contributed by atoms with Crippen LogP contribution in [0, 0.1) is 12.8 Å². The summed E-state index contributed by atoms with van der Waals surface area (Å²) in [7, 11) is 3.99. The van der Waals surface area contributed by atoms with Gasteiger partial charge in [0, 0.05) is 24.9 Å². The Bertz CT molecular complexity index is 1090. The van der Waals surface area contributed by atoms with E-state index in [1.54, 1.807) is 6.92 Å². The highest BCUT2D eigenvalue weighted by Crippen LogP contribution is 2.23. The zero-order valence-electron chi connectivity index (χ0n) is 27.6. The average molecular weight is 620 g/mol. The van der Waals surface area contributed by atoms with Gasteiger partial charge in [-0.1, -0.05) is 91.7 Å². The third-order valence-electron chi connectivity index (χ3n) is 6.74. The zero-order valence-corrected chi connectivity index (χ0v) is 29.4. The fourth-order valence-corrected chi connectivity index (χ4v) is 5.18. The first-order chi connectivity index (χ1) is 20.1. The topological polar surface area (TPSA) is 84.6 Å². The maximum Gasteiger partial charge on any atom is 0.356 e. The number of thiol groups is 2. The number of hydrogen-bond donors (Lipinski definition) is 3. The van der Waals surface area contributed by atoms with Crippen LogP contribution >= 0.6 is 25.3 Å². The second kappa shape index (κ2) is 23.3. The van der Waals surface area contributed by atoms with Crippen molar-refractivity contribution in [3.05, 3.63) is 51.8 Å². The van der Waals surface area contributed by atoms with Crippen molar-refractivity contribution in [2.45, 2.75) is 106 Å². The van der Waals surface area contributed by atoms with Gasteiger partial charge in [-0.2, -0.15) is 0 Å². The SMILES string of the molecule is CCCCC(CCC)CCC.CCOC(=O)/C(=C\S)N(N)C(S)=C(CC)CC.Cc1nc(N(C)C)c2ccccc2n1. The van der Waals surface area contributed by atoms with Crippen LogP contribution in [0.25, 0.3) is 10.9 Å². The number of para-hydroxylation sites is 1. The van der Waals surface area contributed by atoms with Gasteiger partial charge < -0.3 is 9.64 Å². The lowest BCUT2D eigenvalue weighted by molar-refractivity contribution is -0.140. The van der Waals surface area contributed by atoms with Crippen LogP contribution in [0.15, 0.2) is 46.0 Å². The van der Waals surface area contributed by atoms with Gasteiger partial charge in [0.15, 0.2) is 0 Å². The standard InChI is InChI=1S/C11H13N3.C11H20N2O2S2.C11H24/c1-8-12-10-7-5-4-6-9(10)11(13-8)14(2)3;1-4-8(5-2)10(17)13(12)9(7-16)11(14)15-6-3;1-4-7-10-11(8-5-2)9-6-3/h4-7H,1-3H3;7,16-17H,4-6,12H2,1-3H3;11H,4-10H2,1-3H3/b;9-7+;. The monoisotopic (exact) mass is 619 g/mol. The normalized spacial score (nSPS) is 10.8. The molecule has 2 N–H and O–H groups in total. The zero-order chi connectivity index (χ0) is 32.1. The highest BCUT2D eigenvalue weighted by atomic mass is 32.1. The Labute approximate surface area is 267 Å². The van der Waals surface area contributed by atoms with Gasteiger partial charge in [0.25, 0.3) is 0 Å². The Hall–Kier alpha value is -2.23. The lowest BCUT2D eigenvalue weighted by atomic mass is 9.93. The predicted octanol–water partition coefficient (Wildman–Crippen LogP) is 8.86. The van der Waals surface area contributed by atoms with Crippen molar-refractivity contribution in [3.63, 3.8) is 0 Å². The molecule has 42 heavy (non-hydrogen) atoms. The minimum atomic E-state index is -0.511. The van der Waals surface area contributed by atoms with E-state index in [9.17, 15) is 4.79 Å². The van der Waals surface area contributed by atoms with E-state index in [0.29, 0.717) is 5.03 Å². The molecule has 7 nitrogen and oxygen atoms in total. The van der Waals surface area contributed by atoms with Crippen LogP contribution in [0.3, 0.4) is 0 Å². The smallest absolute Gasteiger partial charge is 0.356 e. The lowest BCUT2D eigenvalue weighted by Crippen LogP contribution is -2.33. The Morgan fingerprint density at radius 2 is 1.57 bits per heavy atom. The second-order valence-electron chi connectivity index (χ2n) is 10.3. The summed E-state index contributed by atoms with van der Waals surface area (Å²) in [5.74, 6) is 8.15. The number of hydrazine groups is 1. The number of ether oxygens (including phenoxy) is 1. The molecular formula is C33H57N5O2S2. The van der Waals surface area contributed by atoms with Gasteiger partial charge in [-0.15, -0.1) is 25.3 Å². The number of esters is 1. The van der Waals surface area contributed by atoms with Crippen molar-refractivity contribution < 1.29 is 9.53 Å². The van der Waals surface area contributed by atoms with Crippen molar-refractivity contribution in [2.75, 3.05) is 25.6 Å². The first-order valence-corrected chi connectivity index (χ1v) is 16.4. The Morgan fingerprint density at radius 3 is 2.05 bits per heavy atom. The van der Waals surface area contributed by atoms with Crippen molar-refractivity contribution >= 4 is 47.9 Å². The summed E-state index contributed by atoms with van der Waals surface area (Å²) < 4.78 is 4.88. The van der Waals surface area contributed by atoms with E-state index in [-0.39, 0.29) is 12.3 Å². The molecule has 1 aromatic heterocycles. The van der Waals surface area contributed by atoms with E-state index in [0.717, 1.165) is 46.9 Å². The summed E-state index contributed by atoms with van der Waals surface area (Å²) in [4.78, 5) is 22.4. The summed E-state index contributed by atoms with van der Waals surface area (Å²) in [5.41, 5.74) is 2.23. The molecule has 2 rings (SSSR count). The van der Waals surface area contributed by atoms with Gasteiger partial charge in [-0.25, -0.2) is 20.6 Å². The highest BCUT2D eigenvalue weighted by Gasteiger charge is 2.19.